The summed E-state index contributed by atoms with van der Waals surface area (Å²) in [5, 5.41) is 3.21. The summed E-state index contributed by atoms with van der Waals surface area (Å²) in [6.07, 6.45) is -2.41. The Morgan fingerprint density at radius 2 is 1.89 bits per heavy atom. The molecule has 0 unspecified atom stereocenters. The third-order valence-corrected chi connectivity index (χ3v) is 4.06. The van der Waals surface area contributed by atoms with Crippen molar-refractivity contribution in [2.24, 2.45) is 0 Å². The number of nitrogens with zero attached hydrogens (tertiary/aromatic N) is 1. The average Bonchev–Trinajstić information content (AvgIpc) is 2.33. The highest BCUT2D eigenvalue weighted by Crippen LogP contribution is 2.34. The molecule has 1 aliphatic rings. The summed E-state index contributed by atoms with van der Waals surface area (Å²) in [4.78, 5) is 2.22. The van der Waals surface area contributed by atoms with Gasteiger partial charge in [0.15, 0.2) is 0 Å². The van der Waals surface area contributed by atoms with E-state index in [9.17, 15) is 13.2 Å². The summed E-state index contributed by atoms with van der Waals surface area (Å²) in [7, 11) is 2.05. The van der Waals surface area contributed by atoms with Gasteiger partial charge in [0.25, 0.3) is 0 Å². The summed E-state index contributed by atoms with van der Waals surface area (Å²) < 4.78 is 38.7. The summed E-state index contributed by atoms with van der Waals surface area (Å²) in [6.45, 7) is 1.93. The first-order valence-corrected chi connectivity index (χ1v) is 6.97. The van der Waals surface area contributed by atoms with E-state index < -0.39 is 11.7 Å². The van der Waals surface area contributed by atoms with Crippen molar-refractivity contribution in [2.75, 3.05) is 25.5 Å². The van der Waals surface area contributed by atoms with Gasteiger partial charge in [0.2, 0.25) is 0 Å². The maximum atomic E-state index is 12.7. The minimum Gasteiger partial charge on any atom is -0.381 e. The average molecular weight is 337 g/mol. The van der Waals surface area contributed by atoms with Crippen molar-refractivity contribution in [1.29, 1.82) is 0 Å². The molecular formula is C13H16BrF3N2. The van der Waals surface area contributed by atoms with Crippen LogP contribution in [0.15, 0.2) is 22.7 Å². The molecular weight excluding hydrogens is 321 g/mol. The van der Waals surface area contributed by atoms with Gasteiger partial charge in [-0.25, -0.2) is 0 Å². The number of nitrogens with one attached hydrogen (secondary N) is 1. The number of hydrogen-bond donors (Lipinski definition) is 1. The molecule has 0 bridgehead atoms. The summed E-state index contributed by atoms with van der Waals surface area (Å²) in [5.41, 5.74) is -0.101. The number of benzene rings is 1. The van der Waals surface area contributed by atoms with Gasteiger partial charge in [-0.2, -0.15) is 13.2 Å². The first-order chi connectivity index (χ1) is 8.86. The van der Waals surface area contributed by atoms with Crippen LogP contribution in [0.25, 0.3) is 0 Å². The molecule has 6 heteroatoms. The monoisotopic (exact) mass is 336 g/mol. The molecule has 1 saturated heterocycles. The lowest BCUT2D eigenvalue weighted by molar-refractivity contribution is -0.137. The summed E-state index contributed by atoms with van der Waals surface area (Å²) in [6, 6.07) is 3.93. The molecule has 1 aromatic rings. The topological polar surface area (TPSA) is 15.3 Å². The number of halogens is 4. The predicted octanol–water partition coefficient (Wildman–Crippen LogP) is 3.97. The van der Waals surface area contributed by atoms with Gasteiger partial charge in [-0.3, -0.25) is 0 Å². The Hall–Kier alpha value is -0.750. The van der Waals surface area contributed by atoms with E-state index in [-0.39, 0.29) is 6.04 Å². The van der Waals surface area contributed by atoms with Crippen LogP contribution in [0.5, 0.6) is 0 Å². The van der Waals surface area contributed by atoms with Crippen molar-refractivity contribution in [1.82, 2.24) is 4.90 Å². The van der Waals surface area contributed by atoms with Crippen LogP contribution < -0.4 is 5.32 Å². The molecule has 1 heterocycles. The van der Waals surface area contributed by atoms with Gasteiger partial charge >= 0.3 is 6.18 Å². The van der Waals surface area contributed by atoms with Crippen LogP contribution >= 0.6 is 15.9 Å². The second kappa shape index (κ2) is 5.71. The van der Waals surface area contributed by atoms with Crippen LogP contribution in [-0.2, 0) is 6.18 Å². The largest absolute Gasteiger partial charge is 0.416 e. The molecule has 0 atom stereocenters. The highest BCUT2D eigenvalue weighted by atomic mass is 79.9. The standard InChI is InChI=1S/C13H16BrF3N2/c1-19-6-4-10(5-7-19)18-12-8-9(13(15,16)17)2-3-11(12)14/h2-3,8,10,18H,4-7H2,1H3. The zero-order valence-corrected chi connectivity index (χ0v) is 12.2. The molecule has 2 rings (SSSR count). The Balaban J connectivity index is 2.11. The maximum absolute atomic E-state index is 12.7. The SMILES string of the molecule is CN1CCC(Nc2cc(C(F)(F)F)ccc2Br)CC1. The van der Waals surface area contributed by atoms with Crippen LogP contribution in [0, 0.1) is 0 Å². The molecule has 1 aliphatic heterocycles. The maximum Gasteiger partial charge on any atom is 0.416 e. The van der Waals surface area contributed by atoms with E-state index in [0.717, 1.165) is 32.0 Å². The summed E-state index contributed by atoms with van der Waals surface area (Å²) >= 11 is 3.30. The van der Waals surface area contributed by atoms with Crippen molar-refractivity contribution in [3.63, 3.8) is 0 Å². The fraction of sp³-hybridized carbons (Fsp3) is 0.538. The first-order valence-electron chi connectivity index (χ1n) is 6.18. The lowest BCUT2D eigenvalue weighted by atomic mass is 10.0. The minimum atomic E-state index is -4.30. The van der Waals surface area contributed by atoms with Gasteiger partial charge in [-0.1, -0.05) is 0 Å². The summed E-state index contributed by atoms with van der Waals surface area (Å²) in [5.74, 6) is 0. The van der Waals surface area contributed by atoms with Gasteiger partial charge in [0.1, 0.15) is 0 Å². The van der Waals surface area contributed by atoms with E-state index in [1.54, 1.807) is 0 Å². The number of alkyl halides is 3. The highest BCUT2D eigenvalue weighted by molar-refractivity contribution is 9.10. The van der Waals surface area contributed by atoms with Crippen LogP contribution in [0.2, 0.25) is 0 Å². The van der Waals surface area contributed by atoms with Crippen molar-refractivity contribution in [3.8, 4) is 0 Å². The third kappa shape index (κ3) is 3.86. The first kappa shape index (κ1) is 14.7. The third-order valence-electron chi connectivity index (χ3n) is 3.37. The number of likely N-dealkylation sites (tertiary alicyclic amines) is 1. The quantitative estimate of drug-likeness (QED) is 0.878. The molecule has 19 heavy (non-hydrogen) atoms. The zero-order chi connectivity index (χ0) is 14.0. The van der Waals surface area contributed by atoms with Gasteiger partial charge in [-0.05, 0) is 67.1 Å². The number of rotatable bonds is 2. The highest BCUT2D eigenvalue weighted by Gasteiger charge is 2.31. The van der Waals surface area contributed by atoms with Crippen LogP contribution in [0.1, 0.15) is 18.4 Å². The van der Waals surface area contributed by atoms with Crippen molar-refractivity contribution in [3.05, 3.63) is 28.2 Å². The molecule has 0 saturated carbocycles. The van der Waals surface area contributed by atoms with E-state index in [4.69, 9.17) is 0 Å². The molecule has 0 amide bonds. The van der Waals surface area contributed by atoms with E-state index in [2.05, 4.69) is 33.2 Å². The number of piperidine rings is 1. The van der Waals surface area contributed by atoms with Crippen molar-refractivity contribution >= 4 is 21.6 Å². The molecule has 1 fully saturated rings. The Morgan fingerprint density at radius 3 is 2.47 bits per heavy atom. The molecule has 0 radical (unpaired) electrons. The van der Waals surface area contributed by atoms with Gasteiger partial charge in [0, 0.05) is 16.2 Å². The van der Waals surface area contributed by atoms with E-state index in [1.165, 1.54) is 12.1 Å². The lowest BCUT2D eigenvalue weighted by Crippen LogP contribution is -2.36. The lowest BCUT2D eigenvalue weighted by Gasteiger charge is -2.30. The van der Waals surface area contributed by atoms with Crippen LogP contribution in [0.4, 0.5) is 18.9 Å². The molecule has 106 valence electrons. The Kier molecular flexibility index (Phi) is 4.40. The molecule has 2 nitrogen and oxygen atoms in total. The Bertz CT molecular complexity index is 440. The predicted molar refractivity (Wildman–Crippen MR) is 73.3 cm³/mol. The van der Waals surface area contributed by atoms with E-state index in [0.29, 0.717) is 10.2 Å². The molecule has 0 spiro atoms. The van der Waals surface area contributed by atoms with Gasteiger partial charge < -0.3 is 10.2 Å². The smallest absolute Gasteiger partial charge is 0.381 e. The zero-order valence-electron chi connectivity index (χ0n) is 10.6. The molecule has 1 N–H and O–H groups in total. The van der Waals surface area contributed by atoms with Gasteiger partial charge in [0.05, 0.1) is 5.56 Å². The van der Waals surface area contributed by atoms with Crippen LogP contribution in [-0.4, -0.2) is 31.1 Å². The van der Waals surface area contributed by atoms with Gasteiger partial charge in [-0.15, -0.1) is 0 Å². The molecule has 0 aromatic heterocycles. The molecule has 0 aliphatic carbocycles. The van der Waals surface area contributed by atoms with E-state index in [1.807, 2.05) is 0 Å². The second-order valence-electron chi connectivity index (χ2n) is 4.91. The second-order valence-corrected chi connectivity index (χ2v) is 5.77. The van der Waals surface area contributed by atoms with E-state index >= 15 is 0 Å². The fourth-order valence-electron chi connectivity index (χ4n) is 2.19. The van der Waals surface area contributed by atoms with Crippen molar-refractivity contribution in [2.45, 2.75) is 25.1 Å². The number of hydrogen-bond acceptors (Lipinski definition) is 2. The van der Waals surface area contributed by atoms with Crippen molar-refractivity contribution < 1.29 is 13.2 Å². The fourth-order valence-corrected chi connectivity index (χ4v) is 2.55. The Labute approximate surface area is 119 Å². The normalized spacial score (nSPS) is 18.6. The number of anilines is 1. The molecule has 1 aromatic carbocycles. The minimum absolute atomic E-state index is 0.232. The Morgan fingerprint density at radius 1 is 1.26 bits per heavy atom. The van der Waals surface area contributed by atoms with Crippen LogP contribution in [0.3, 0.4) is 0 Å².